The molecule has 0 aliphatic carbocycles. The quantitative estimate of drug-likeness (QED) is 0.590. The summed E-state index contributed by atoms with van der Waals surface area (Å²) in [6.45, 7) is 3.05. The average molecular weight is 404 g/mol. The smallest absolute Gasteiger partial charge is 0.329 e. The molecule has 3 rings (SSSR count). The second-order valence-corrected chi connectivity index (χ2v) is 6.69. The van der Waals surface area contributed by atoms with Gasteiger partial charge >= 0.3 is 12.0 Å². The normalized spacial score (nSPS) is 15.3. The number of urea groups is 1. The lowest BCUT2D eigenvalue weighted by atomic mass is 10.2. The molecule has 9 heteroatoms. The maximum absolute atomic E-state index is 12.3. The van der Waals surface area contributed by atoms with E-state index < -0.39 is 24.5 Å². The number of halogens is 1. The Hall–Kier alpha value is -3.26. The molecular formula is C19H18ClN3O5. The Morgan fingerprint density at radius 1 is 1.29 bits per heavy atom. The standard InChI is InChI=1S/C19H18ClN3O5/c1-10-6-12(7-14-18(26)22(9-17(24)25)19(27)21-14)11(2)23(10)15-8-13(20)4-5-16(15)28-3/h4-8H,9H2,1-3H3,(H,21,27)(H,24,25)/b14-7+. The zero-order valence-electron chi connectivity index (χ0n) is 15.4. The number of methoxy groups -OCH3 is 1. The molecule has 1 aliphatic rings. The highest BCUT2D eigenvalue weighted by molar-refractivity contribution is 6.30. The zero-order chi connectivity index (χ0) is 20.6. The number of aliphatic carboxylic acids is 1. The number of carboxylic acid groups (broad SMARTS) is 1. The van der Waals surface area contributed by atoms with Gasteiger partial charge in [0.2, 0.25) is 0 Å². The van der Waals surface area contributed by atoms with E-state index in [1.54, 1.807) is 25.3 Å². The van der Waals surface area contributed by atoms with Crippen LogP contribution in [0.25, 0.3) is 11.8 Å². The Morgan fingerprint density at radius 2 is 2.00 bits per heavy atom. The van der Waals surface area contributed by atoms with Gasteiger partial charge in [-0.15, -0.1) is 0 Å². The first-order chi connectivity index (χ1) is 13.2. The molecule has 8 nitrogen and oxygen atoms in total. The van der Waals surface area contributed by atoms with Gasteiger partial charge in [0.15, 0.2) is 0 Å². The third kappa shape index (κ3) is 3.46. The number of carbonyl (C=O) groups is 3. The summed E-state index contributed by atoms with van der Waals surface area (Å²) in [6, 6.07) is 6.35. The predicted octanol–water partition coefficient (Wildman–Crippen LogP) is 2.73. The van der Waals surface area contributed by atoms with Crippen LogP contribution in [-0.4, -0.2) is 46.1 Å². The van der Waals surface area contributed by atoms with Crippen LogP contribution in [0.15, 0.2) is 30.0 Å². The van der Waals surface area contributed by atoms with Crippen molar-refractivity contribution in [3.8, 4) is 11.4 Å². The molecule has 0 unspecified atom stereocenters. The molecule has 2 aromatic rings. The lowest BCUT2D eigenvalue weighted by Crippen LogP contribution is -2.35. The van der Waals surface area contributed by atoms with E-state index in [4.69, 9.17) is 21.4 Å². The fourth-order valence-electron chi connectivity index (χ4n) is 3.15. The molecule has 2 N–H and O–H groups in total. The molecule has 1 aromatic heterocycles. The van der Waals surface area contributed by atoms with Gasteiger partial charge in [-0.25, -0.2) is 9.69 Å². The number of amides is 3. The van der Waals surface area contributed by atoms with E-state index in [0.29, 0.717) is 21.2 Å². The molecule has 0 bridgehead atoms. The predicted molar refractivity (Wildman–Crippen MR) is 103 cm³/mol. The maximum atomic E-state index is 12.3. The van der Waals surface area contributed by atoms with Crippen LogP contribution in [0, 0.1) is 13.8 Å². The Bertz CT molecular complexity index is 1020. The highest BCUT2D eigenvalue weighted by atomic mass is 35.5. The molecular weight excluding hydrogens is 386 g/mol. The number of nitrogens with zero attached hydrogens (tertiary/aromatic N) is 2. The van der Waals surface area contributed by atoms with Crippen molar-refractivity contribution in [3.63, 3.8) is 0 Å². The van der Waals surface area contributed by atoms with Gasteiger partial charge in [0.1, 0.15) is 18.0 Å². The number of rotatable bonds is 5. The molecule has 1 fully saturated rings. The molecule has 1 saturated heterocycles. The number of carboxylic acids is 1. The lowest BCUT2D eigenvalue weighted by Gasteiger charge is -2.14. The molecule has 1 aliphatic heterocycles. The Labute approximate surface area is 166 Å². The van der Waals surface area contributed by atoms with E-state index in [2.05, 4.69) is 5.32 Å². The molecule has 146 valence electrons. The SMILES string of the molecule is COc1ccc(Cl)cc1-n1c(C)cc(/C=C2/NC(=O)N(CC(=O)O)C2=O)c1C. The fraction of sp³-hybridized carbons (Fsp3) is 0.211. The number of imide groups is 1. The second kappa shape index (κ2) is 7.40. The Balaban J connectivity index is 2.03. The molecule has 1 aromatic carbocycles. The summed E-state index contributed by atoms with van der Waals surface area (Å²) >= 11 is 6.14. The van der Waals surface area contributed by atoms with E-state index in [1.165, 1.54) is 6.08 Å². The number of carbonyl (C=O) groups excluding carboxylic acids is 2. The minimum atomic E-state index is -1.27. The molecule has 28 heavy (non-hydrogen) atoms. The summed E-state index contributed by atoms with van der Waals surface area (Å²) < 4.78 is 7.35. The van der Waals surface area contributed by atoms with Gasteiger partial charge in [0, 0.05) is 16.4 Å². The molecule has 3 amide bonds. The number of aryl methyl sites for hydroxylation is 1. The van der Waals surface area contributed by atoms with Crippen LogP contribution in [0.3, 0.4) is 0 Å². The molecule has 0 spiro atoms. The number of hydrogen-bond donors (Lipinski definition) is 2. The third-order valence-electron chi connectivity index (χ3n) is 4.41. The summed E-state index contributed by atoms with van der Waals surface area (Å²) in [5.41, 5.74) is 3.11. The molecule has 0 atom stereocenters. The average Bonchev–Trinajstić information content (AvgIpc) is 3.05. The topological polar surface area (TPSA) is 101 Å². The van der Waals surface area contributed by atoms with Gasteiger partial charge in [0.25, 0.3) is 5.91 Å². The van der Waals surface area contributed by atoms with E-state index in [9.17, 15) is 14.4 Å². The molecule has 2 heterocycles. The minimum Gasteiger partial charge on any atom is -0.495 e. The van der Waals surface area contributed by atoms with Crippen LogP contribution in [0.2, 0.25) is 5.02 Å². The van der Waals surface area contributed by atoms with Gasteiger partial charge in [0.05, 0.1) is 12.8 Å². The molecule has 0 saturated carbocycles. The van der Waals surface area contributed by atoms with Crippen molar-refractivity contribution < 1.29 is 24.2 Å². The summed E-state index contributed by atoms with van der Waals surface area (Å²) in [6.07, 6.45) is 1.53. The Kier molecular flexibility index (Phi) is 5.15. The van der Waals surface area contributed by atoms with E-state index in [-0.39, 0.29) is 5.70 Å². The van der Waals surface area contributed by atoms with Crippen molar-refractivity contribution >= 4 is 35.6 Å². The van der Waals surface area contributed by atoms with Crippen molar-refractivity contribution in [2.24, 2.45) is 0 Å². The second-order valence-electron chi connectivity index (χ2n) is 6.25. The third-order valence-corrected chi connectivity index (χ3v) is 4.64. The highest BCUT2D eigenvalue weighted by Gasteiger charge is 2.35. The van der Waals surface area contributed by atoms with Crippen molar-refractivity contribution in [3.05, 3.63) is 51.9 Å². The van der Waals surface area contributed by atoms with Crippen molar-refractivity contribution in [1.82, 2.24) is 14.8 Å². The van der Waals surface area contributed by atoms with E-state index in [1.807, 2.05) is 24.5 Å². The number of ether oxygens (including phenoxy) is 1. The van der Waals surface area contributed by atoms with Gasteiger partial charge in [-0.1, -0.05) is 11.6 Å². The van der Waals surface area contributed by atoms with Crippen LogP contribution in [0.4, 0.5) is 4.79 Å². The molecule has 0 radical (unpaired) electrons. The van der Waals surface area contributed by atoms with Gasteiger partial charge in [-0.3, -0.25) is 9.59 Å². The number of nitrogens with one attached hydrogen (secondary N) is 1. The van der Waals surface area contributed by atoms with E-state index >= 15 is 0 Å². The van der Waals surface area contributed by atoms with Gasteiger partial charge in [-0.05, 0) is 49.8 Å². The summed E-state index contributed by atoms with van der Waals surface area (Å²) in [5.74, 6) is -1.32. The first-order valence-corrected chi connectivity index (χ1v) is 8.70. The number of aromatic nitrogens is 1. The first-order valence-electron chi connectivity index (χ1n) is 8.32. The van der Waals surface area contributed by atoms with Crippen LogP contribution < -0.4 is 10.1 Å². The Morgan fingerprint density at radius 3 is 2.64 bits per heavy atom. The highest BCUT2D eigenvalue weighted by Crippen LogP contribution is 2.31. The summed E-state index contributed by atoms with van der Waals surface area (Å²) in [7, 11) is 1.56. The monoisotopic (exact) mass is 403 g/mol. The van der Waals surface area contributed by atoms with Crippen LogP contribution >= 0.6 is 11.6 Å². The van der Waals surface area contributed by atoms with Crippen LogP contribution in [-0.2, 0) is 9.59 Å². The van der Waals surface area contributed by atoms with Crippen LogP contribution in [0.5, 0.6) is 5.75 Å². The van der Waals surface area contributed by atoms with E-state index in [0.717, 1.165) is 17.1 Å². The van der Waals surface area contributed by atoms with Gasteiger partial charge < -0.3 is 19.7 Å². The van der Waals surface area contributed by atoms with Crippen LogP contribution in [0.1, 0.15) is 17.0 Å². The maximum Gasteiger partial charge on any atom is 0.329 e. The van der Waals surface area contributed by atoms with Gasteiger partial charge in [-0.2, -0.15) is 0 Å². The van der Waals surface area contributed by atoms with Crippen molar-refractivity contribution in [2.75, 3.05) is 13.7 Å². The summed E-state index contributed by atoms with van der Waals surface area (Å²) in [5, 5.41) is 11.8. The summed E-state index contributed by atoms with van der Waals surface area (Å²) in [4.78, 5) is 35.7. The minimum absolute atomic E-state index is 0.0181. The lowest BCUT2D eigenvalue weighted by molar-refractivity contribution is -0.140. The van der Waals surface area contributed by atoms with Crippen molar-refractivity contribution in [2.45, 2.75) is 13.8 Å². The number of hydrogen-bond acceptors (Lipinski definition) is 4. The first kappa shape index (κ1) is 19.5. The largest absolute Gasteiger partial charge is 0.495 e. The van der Waals surface area contributed by atoms with Crippen molar-refractivity contribution in [1.29, 1.82) is 0 Å². The fourth-order valence-corrected chi connectivity index (χ4v) is 3.31. The number of benzene rings is 1. The zero-order valence-corrected chi connectivity index (χ0v) is 16.2.